The third kappa shape index (κ3) is 6.71. The average Bonchev–Trinajstić information content (AvgIpc) is 2.96. The van der Waals surface area contributed by atoms with Crippen molar-refractivity contribution in [3.8, 4) is 11.1 Å². The molecule has 3 aromatic carbocycles. The van der Waals surface area contributed by atoms with Crippen LogP contribution < -0.4 is 39.1 Å². The van der Waals surface area contributed by atoms with Crippen molar-refractivity contribution in [3.05, 3.63) is 82.0 Å². The third-order valence-electron chi connectivity index (χ3n) is 7.22. The number of anilines is 1. The van der Waals surface area contributed by atoms with E-state index in [1.54, 1.807) is 24.3 Å². The molecule has 0 amide bonds. The van der Waals surface area contributed by atoms with Crippen LogP contribution in [0.15, 0.2) is 74.3 Å². The molecule has 5 rings (SSSR count). The maximum atomic E-state index is 13.6. The average molecular weight is 611 g/mol. The van der Waals surface area contributed by atoms with Crippen LogP contribution in [0.25, 0.3) is 44.0 Å². The molecule has 0 aliphatic heterocycles. The lowest BCUT2D eigenvalue weighted by atomic mass is 9.93. The molecule has 0 aliphatic carbocycles. The van der Waals surface area contributed by atoms with E-state index in [0.29, 0.717) is 38.6 Å². The lowest BCUT2D eigenvalue weighted by molar-refractivity contribution is -2.00. The van der Waals surface area contributed by atoms with Gasteiger partial charge in [0.05, 0.1) is 17.0 Å². The molecular weight excluding hydrogens is 580 g/mol. The molecule has 0 bridgehead atoms. The summed E-state index contributed by atoms with van der Waals surface area (Å²) in [5.41, 5.74) is 2.81. The number of hydrogen-bond acceptors (Lipinski definition) is 9. The largest absolute Gasteiger partial charge is 0.478 e. The summed E-state index contributed by atoms with van der Waals surface area (Å²) in [6.07, 6.45) is 0. The number of carbonyl (C=O) groups is 1. The van der Waals surface area contributed by atoms with E-state index in [9.17, 15) is 14.7 Å². The van der Waals surface area contributed by atoms with Crippen LogP contribution in [0.2, 0.25) is 0 Å². The van der Waals surface area contributed by atoms with Gasteiger partial charge in [0, 0.05) is 41.9 Å². The monoisotopic (exact) mass is 610 g/mol. The van der Waals surface area contributed by atoms with Gasteiger partial charge in [0.2, 0.25) is 5.36 Å². The standard InChI is InChI=1S/C31H30N2O5.ClHO4/c1-5-32(6-2)19-13-15-23-25(17-19)37-29-24-16-14-20(33(7-3)8-4)18-26(24)38-31(36)28(29)27(23)21-11-9-10-12-22(21)30(34)35;2-1(3,4)5/h9-18H,5-8H2,1-4H3;(H,2,3,4,5). The van der Waals surface area contributed by atoms with Crippen molar-refractivity contribution >= 4 is 44.6 Å². The molecule has 0 radical (unpaired) electrons. The van der Waals surface area contributed by atoms with E-state index in [1.165, 1.54) is 0 Å². The van der Waals surface area contributed by atoms with E-state index in [2.05, 4.69) is 37.2 Å². The minimum absolute atomic E-state index is 0.102. The fraction of sp³-hybridized carbons (Fsp3) is 0.258. The Morgan fingerprint density at radius 1 is 0.860 bits per heavy atom. The number of nitrogens with zero attached hydrogens (tertiary/aromatic N) is 2. The minimum atomic E-state index is -4.94. The van der Waals surface area contributed by atoms with Gasteiger partial charge in [0.1, 0.15) is 29.6 Å². The van der Waals surface area contributed by atoms with E-state index < -0.39 is 21.8 Å². The number of fused-ring (bicyclic) bond motifs is 4. The van der Waals surface area contributed by atoms with Crippen LogP contribution in [-0.4, -0.2) is 37.3 Å². The highest BCUT2D eigenvalue weighted by Crippen LogP contribution is 2.40. The van der Waals surface area contributed by atoms with Crippen molar-refractivity contribution < 1.29 is 47.6 Å². The fourth-order valence-corrected chi connectivity index (χ4v) is 5.27. The first-order chi connectivity index (χ1) is 20.4. The van der Waals surface area contributed by atoms with E-state index in [1.807, 2.05) is 36.4 Å². The van der Waals surface area contributed by atoms with Gasteiger partial charge in [-0.05, 0) is 57.5 Å². The quantitative estimate of drug-likeness (QED) is 0.121. The molecule has 0 saturated heterocycles. The van der Waals surface area contributed by atoms with Crippen molar-refractivity contribution in [2.24, 2.45) is 0 Å². The number of carboxylic acids is 1. The molecule has 0 unspecified atom stereocenters. The Kier molecular flexibility index (Phi) is 9.53. The second-order valence-electron chi connectivity index (χ2n) is 9.50. The maximum absolute atomic E-state index is 13.6. The normalized spacial score (nSPS) is 11.4. The Hall–Kier alpha value is -4.26. The summed E-state index contributed by atoms with van der Waals surface area (Å²) in [6, 6.07) is 18.3. The van der Waals surface area contributed by atoms with Crippen molar-refractivity contribution in [2.75, 3.05) is 31.1 Å². The van der Waals surface area contributed by atoms with Gasteiger partial charge in [-0.25, -0.2) is 32.8 Å². The number of aromatic carboxylic acids is 1. The maximum Gasteiger partial charge on any atom is 0.348 e. The molecule has 1 N–H and O–H groups in total. The summed E-state index contributed by atoms with van der Waals surface area (Å²) in [5.74, 6) is -1.07. The topological polar surface area (TPSA) is 179 Å². The van der Waals surface area contributed by atoms with Crippen LogP contribution in [0.3, 0.4) is 0 Å². The van der Waals surface area contributed by atoms with Crippen LogP contribution in [0.4, 0.5) is 5.69 Å². The number of hydrogen-bond donors (Lipinski definition) is 1. The van der Waals surface area contributed by atoms with Gasteiger partial charge in [0.25, 0.3) is 0 Å². The second kappa shape index (κ2) is 12.9. The third-order valence-corrected chi connectivity index (χ3v) is 7.22. The number of carboxylic acid groups (broad SMARTS) is 1. The summed E-state index contributed by atoms with van der Waals surface area (Å²) in [5, 5.41) is 12.5. The van der Waals surface area contributed by atoms with Gasteiger partial charge in [-0.1, -0.05) is 18.2 Å². The SMILES string of the molecule is CCN(CC)c1ccc2c(-c3ccccc3C(=O)O)c3c(=O)oc4cc(=[N+](CC)CC)ccc4c3oc2c1.[O-][Cl+3]([O-])([O-])[O-]. The fourth-order valence-electron chi connectivity index (χ4n) is 5.27. The van der Waals surface area contributed by atoms with Gasteiger partial charge < -0.3 is 18.8 Å². The number of rotatable bonds is 7. The molecule has 12 heteroatoms. The van der Waals surface area contributed by atoms with E-state index in [4.69, 9.17) is 27.5 Å². The van der Waals surface area contributed by atoms with Crippen molar-refractivity contribution in [2.45, 2.75) is 27.7 Å². The molecule has 43 heavy (non-hydrogen) atoms. The zero-order valence-corrected chi connectivity index (χ0v) is 24.8. The molecule has 0 saturated carbocycles. The Bertz CT molecular complexity index is 1920. The molecule has 5 aromatic rings. The zero-order valence-electron chi connectivity index (χ0n) is 24.1. The van der Waals surface area contributed by atoms with Gasteiger partial charge in [0.15, 0.2) is 5.58 Å². The summed E-state index contributed by atoms with van der Waals surface area (Å²) in [7, 11) is -4.94. The Labute approximate surface area is 248 Å². The van der Waals surface area contributed by atoms with Crippen LogP contribution in [0, 0.1) is 10.2 Å². The first-order valence-electron chi connectivity index (χ1n) is 13.7. The van der Waals surface area contributed by atoms with Crippen LogP contribution in [0.1, 0.15) is 38.1 Å². The van der Waals surface area contributed by atoms with Gasteiger partial charge in [-0.15, -0.1) is 10.2 Å². The number of halogens is 1. The first kappa shape index (κ1) is 31.7. The first-order valence-corrected chi connectivity index (χ1v) is 14.9. The summed E-state index contributed by atoms with van der Waals surface area (Å²) in [6.45, 7) is 11.6. The Balaban J connectivity index is 0.000000782. The molecule has 2 aromatic heterocycles. The molecule has 0 spiro atoms. The summed E-state index contributed by atoms with van der Waals surface area (Å²) in [4.78, 5) is 28.0. The Morgan fingerprint density at radius 3 is 2.07 bits per heavy atom. The molecule has 0 aliphatic rings. The van der Waals surface area contributed by atoms with Crippen LogP contribution >= 0.6 is 0 Å². The molecule has 226 valence electrons. The van der Waals surface area contributed by atoms with Crippen molar-refractivity contribution in [1.29, 1.82) is 0 Å². The highest BCUT2D eigenvalue weighted by Gasteiger charge is 2.23. The van der Waals surface area contributed by atoms with Crippen LogP contribution in [-0.2, 0) is 0 Å². The van der Waals surface area contributed by atoms with Gasteiger partial charge in [-0.2, -0.15) is 0 Å². The van der Waals surface area contributed by atoms with Crippen molar-refractivity contribution in [1.82, 2.24) is 4.58 Å². The number of benzene rings is 3. The lowest BCUT2D eigenvalue weighted by Gasteiger charge is -2.22. The van der Waals surface area contributed by atoms with Crippen molar-refractivity contribution in [3.63, 3.8) is 0 Å². The zero-order chi connectivity index (χ0) is 31.5. The molecule has 0 fully saturated rings. The predicted molar refractivity (Wildman–Crippen MR) is 152 cm³/mol. The van der Waals surface area contributed by atoms with E-state index in [-0.39, 0.29) is 10.9 Å². The van der Waals surface area contributed by atoms with E-state index >= 15 is 0 Å². The smallest absolute Gasteiger partial charge is 0.348 e. The van der Waals surface area contributed by atoms with Crippen LogP contribution in [0.5, 0.6) is 0 Å². The highest BCUT2D eigenvalue weighted by molar-refractivity contribution is 6.16. The minimum Gasteiger partial charge on any atom is -0.478 e. The highest BCUT2D eigenvalue weighted by atomic mass is 35.7. The van der Waals surface area contributed by atoms with E-state index in [0.717, 1.165) is 37.2 Å². The molecular formula is C31H31ClN2O9. The summed E-state index contributed by atoms with van der Waals surface area (Å²) >= 11 is 0. The predicted octanol–water partition coefficient (Wildman–Crippen LogP) is 0.960. The lowest BCUT2D eigenvalue weighted by Crippen LogP contribution is -2.68. The molecule has 11 nitrogen and oxygen atoms in total. The molecule has 0 atom stereocenters. The second-order valence-corrected chi connectivity index (χ2v) is 10.3. The summed E-state index contributed by atoms with van der Waals surface area (Å²) < 4.78 is 48.5. The van der Waals surface area contributed by atoms with Gasteiger partial charge >= 0.3 is 11.6 Å². The Morgan fingerprint density at radius 2 is 1.47 bits per heavy atom. The van der Waals surface area contributed by atoms with Gasteiger partial charge in [-0.3, -0.25) is 0 Å². The molecule has 2 heterocycles.